The molecule has 92 valence electrons. The molecule has 0 amide bonds. The molecule has 4 N–H and O–H groups in total. The third kappa shape index (κ3) is 2.42. The van der Waals surface area contributed by atoms with Gasteiger partial charge in [0.15, 0.2) is 0 Å². The molecule has 0 saturated heterocycles. The number of benzene rings is 1. The van der Waals surface area contributed by atoms with E-state index in [1.54, 1.807) is 0 Å². The Bertz CT molecular complexity index is 684. The Kier molecular flexibility index (Phi) is 3.46. The van der Waals surface area contributed by atoms with E-state index in [-0.39, 0.29) is 13.1 Å². The van der Waals surface area contributed by atoms with Crippen molar-refractivity contribution in [3.05, 3.63) is 56.4 Å². The molecule has 1 heterocycles. The fraction of sp³-hybridized carbons (Fsp3) is 0.167. The lowest BCUT2D eigenvalue weighted by molar-refractivity contribution is 0.732. The van der Waals surface area contributed by atoms with E-state index in [2.05, 4.69) is 22.0 Å². The number of nitrogens with zero attached hydrogens (tertiary/aromatic N) is 1. The van der Waals surface area contributed by atoms with Gasteiger partial charge in [0.25, 0.3) is 0 Å². The van der Waals surface area contributed by atoms with Gasteiger partial charge in [-0.25, -0.2) is 24.4 Å². The summed E-state index contributed by atoms with van der Waals surface area (Å²) in [4.78, 5) is 22.8. The molecule has 0 spiro atoms. The maximum Gasteiger partial charge on any atom is 0.344 e. The van der Waals surface area contributed by atoms with Crippen molar-refractivity contribution in [2.45, 2.75) is 6.54 Å². The van der Waals surface area contributed by atoms with Crippen LogP contribution in [0.3, 0.4) is 0 Å². The minimum atomic E-state index is -0.471. The van der Waals surface area contributed by atoms with E-state index >= 15 is 0 Å². The Morgan fingerprint density at radius 3 is 2.50 bits per heavy atom. The second kappa shape index (κ2) is 5.21. The molecule has 1 aromatic heterocycles. The van der Waals surface area contributed by atoms with Crippen LogP contribution in [0.1, 0.15) is 11.1 Å². The van der Waals surface area contributed by atoms with E-state index in [0.29, 0.717) is 0 Å². The van der Waals surface area contributed by atoms with Gasteiger partial charge in [-0.2, -0.15) is 0 Å². The fourth-order valence-corrected chi connectivity index (χ4v) is 1.57. The summed E-state index contributed by atoms with van der Waals surface area (Å²) in [5.74, 6) is 5.66. The van der Waals surface area contributed by atoms with Gasteiger partial charge in [-0.3, -0.25) is 0 Å². The van der Waals surface area contributed by atoms with Crippen molar-refractivity contribution in [1.29, 1.82) is 0 Å². The molecular formula is C12H12N4O2. The summed E-state index contributed by atoms with van der Waals surface area (Å²) in [7, 11) is 0. The van der Waals surface area contributed by atoms with Crippen molar-refractivity contribution in [3.8, 4) is 11.8 Å². The van der Waals surface area contributed by atoms with Crippen molar-refractivity contribution in [3.63, 3.8) is 0 Å². The molecule has 6 nitrogen and oxygen atoms in total. The molecule has 6 heteroatoms. The quantitative estimate of drug-likeness (QED) is 0.605. The molecule has 2 rings (SSSR count). The monoisotopic (exact) mass is 244 g/mol. The van der Waals surface area contributed by atoms with E-state index in [1.165, 1.54) is 0 Å². The van der Waals surface area contributed by atoms with Gasteiger partial charge >= 0.3 is 11.4 Å². The van der Waals surface area contributed by atoms with E-state index < -0.39 is 11.4 Å². The Labute approximate surface area is 102 Å². The molecule has 18 heavy (non-hydrogen) atoms. The zero-order chi connectivity index (χ0) is 13.0. The van der Waals surface area contributed by atoms with Crippen LogP contribution >= 0.6 is 0 Å². The molecule has 0 aliphatic rings. The Morgan fingerprint density at radius 2 is 1.83 bits per heavy atom. The van der Waals surface area contributed by atoms with Crippen LogP contribution in [-0.2, 0) is 6.54 Å². The first-order chi connectivity index (χ1) is 8.72. The van der Waals surface area contributed by atoms with Crippen molar-refractivity contribution in [2.75, 3.05) is 6.54 Å². The summed E-state index contributed by atoms with van der Waals surface area (Å²) in [6, 6.07) is 7.31. The Balaban J connectivity index is 2.41. The van der Waals surface area contributed by atoms with E-state index in [0.717, 1.165) is 15.7 Å². The number of aromatic amines is 2. The first kappa shape index (κ1) is 12.0. The van der Waals surface area contributed by atoms with Gasteiger partial charge in [0.1, 0.15) is 0 Å². The van der Waals surface area contributed by atoms with Gasteiger partial charge in [0, 0.05) is 5.56 Å². The molecule has 0 unspecified atom stereocenters. The SMILES string of the molecule is NCC#Cc1ccccc1Cn1c(=O)[nH][nH]c1=O. The third-order valence-electron chi connectivity index (χ3n) is 2.44. The molecule has 0 bridgehead atoms. The average molecular weight is 244 g/mol. The van der Waals surface area contributed by atoms with Gasteiger partial charge in [0.05, 0.1) is 13.1 Å². The highest BCUT2D eigenvalue weighted by Crippen LogP contribution is 2.07. The topological polar surface area (TPSA) is 96.7 Å². The highest BCUT2D eigenvalue weighted by atomic mass is 16.2. The number of nitrogens with two attached hydrogens (primary N) is 1. The summed E-state index contributed by atoms with van der Waals surface area (Å²) >= 11 is 0. The fourth-order valence-electron chi connectivity index (χ4n) is 1.57. The van der Waals surface area contributed by atoms with E-state index in [1.807, 2.05) is 24.3 Å². The summed E-state index contributed by atoms with van der Waals surface area (Å²) in [5.41, 5.74) is 5.94. The maximum absolute atomic E-state index is 11.4. The van der Waals surface area contributed by atoms with Gasteiger partial charge in [-0.1, -0.05) is 30.0 Å². The minimum Gasteiger partial charge on any atom is -0.320 e. The second-order valence-corrected chi connectivity index (χ2v) is 3.61. The van der Waals surface area contributed by atoms with Crippen molar-refractivity contribution < 1.29 is 0 Å². The van der Waals surface area contributed by atoms with Gasteiger partial charge in [-0.15, -0.1) is 0 Å². The smallest absolute Gasteiger partial charge is 0.320 e. The van der Waals surface area contributed by atoms with Crippen molar-refractivity contribution in [2.24, 2.45) is 5.73 Å². The normalized spacial score (nSPS) is 9.83. The zero-order valence-electron chi connectivity index (χ0n) is 9.56. The van der Waals surface area contributed by atoms with Crippen LogP contribution in [0.15, 0.2) is 33.9 Å². The minimum absolute atomic E-state index is 0.174. The van der Waals surface area contributed by atoms with Crippen LogP contribution in [0.2, 0.25) is 0 Å². The third-order valence-corrected chi connectivity index (χ3v) is 2.44. The van der Waals surface area contributed by atoms with E-state index in [4.69, 9.17) is 5.73 Å². The zero-order valence-corrected chi connectivity index (χ0v) is 9.56. The molecule has 2 aromatic rings. The van der Waals surface area contributed by atoms with Crippen LogP contribution in [0, 0.1) is 11.8 Å². The van der Waals surface area contributed by atoms with Crippen LogP contribution in [0.25, 0.3) is 0 Å². The van der Waals surface area contributed by atoms with Crippen LogP contribution in [-0.4, -0.2) is 21.3 Å². The first-order valence-corrected chi connectivity index (χ1v) is 5.36. The standard InChI is InChI=1S/C12H12N4O2/c13-7-3-6-9-4-1-2-5-10(9)8-16-11(17)14-15-12(16)18/h1-2,4-5H,7-8,13H2,(H,14,17)(H,15,18). The van der Waals surface area contributed by atoms with Crippen LogP contribution < -0.4 is 17.1 Å². The Morgan fingerprint density at radius 1 is 1.17 bits per heavy atom. The Hall–Kier alpha value is -2.52. The predicted octanol–water partition coefficient (Wildman–Crippen LogP) is -0.777. The lowest BCUT2D eigenvalue weighted by Gasteiger charge is -2.03. The highest BCUT2D eigenvalue weighted by Gasteiger charge is 2.06. The lowest BCUT2D eigenvalue weighted by Crippen LogP contribution is -2.27. The highest BCUT2D eigenvalue weighted by molar-refractivity contribution is 5.41. The van der Waals surface area contributed by atoms with E-state index in [9.17, 15) is 9.59 Å². The molecule has 0 aliphatic heterocycles. The molecule has 0 saturated carbocycles. The van der Waals surface area contributed by atoms with Crippen LogP contribution in [0.4, 0.5) is 0 Å². The second-order valence-electron chi connectivity index (χ2n) is 3.61. The number of aromatic nitrogens is 3. The molecular weight excluding hydrogens is 232 g/mol. The molecule has 0 atom stereocenters. The van der Waals surface area contributed by atoms with Gasteiger partial charge in [-0.05, 0) is 11.6 Å². The van der Waals surface area contributed by atoms with Crippen molar-refractivity contribution >= 4 is 0 Å². The lowest BCUT2D eigenvalue weighted by atomic mass is 10.1. The summed E-state index contributed by atoms with van der Waals surface area (Å²) in [5, 5.41) is 4.47. The van der Waals surface area contributed by atoms with Crippen molar-refractivity contribution in [1.82, 2.24) is 14.8 Å². The predicted molar refractivity (Wildman–Crippen MR) is 67.1 cm³/mol. The number of H-pyrrole nitrogens is 2. The number of hydrogen-bond acceptors (Lipinski definition) is 3. The van der Waals surface area contributed by atoms with Gasteiger partial charge < -0.3 is 5.73 Å². The summed E-state index contributed by atoms with van der Waals surface area (Å²) in [6.07, 6.45) is 0. The number of nitrogens with one attached hydrogen (secondary N) is 2. The maximum atomic E-state index is 11.4. The number of rotatable bonds is 2. The number of hydrogen-bond donors (Lipinski definition) is 3. The van der Waals surface area contributed by atoms with Gasteiger partial charge in [0.2, 0.25) is 0 Å². The molecule has 0 fully saturated rings. The molecule has 0 aliphatic carbocycles. The summed E-state index contributed by atoms with van der Waals surface area (Å²) in [6.45, 7) is 0.437. The molecule has 1 aromatic carbocycles. The molecule has 0 radical (unpaired) electrons. The average Bonchev–Trinajstić information content (AvgIpc) is 2.69. The summed E-state index contributed by atoms with van der Waals surface area (Å²) < 4.78 is 1.07. The largest absolute Gasteiger partial charge is 0.344 e. The van der Waals surface area contributed by atoms with Crippen LogP contribution in [0.5, 0.6) is 0 Å². The first-order valence-electron chi connectivity index (χ1n) is 5.36.